The van der Waals surface area contributed by atoms with Crippen molar-refractivity contribution in [3.8, 4) is 0 Å². The zero-order valence-electron chi connectivity index (χ0n) is 12.9. The minimum Gasteiger partial charge on any atom is -0.352 e. The Labute approximate surface area is 122 Å². The Morgan fingerprint density at radius 2 is 1.95 bits per heavy atom. The van der Waals surface area contributed by atoms with Gasteiger partial charge in [-0.3, -0.25) is 0 Å². The largest absolute Gasteiger partial charge is 0.352 e. The fourth-order valence-electron chi connectivity index (χ4n) is 3.19. The molecule has 1 aliphatic rings. The third-order valence-electron chi connectivity index (χ3n) is 4.84. The first kappa shape index (κ1) is 15.0. The van der Waals surface area contributed by atoms with Gasteiger partial charge in [-0.2, -0.15) is 11.8 Å². The van der Waals surface area contributed by atoms with Gasteiger partial charge in [0.15, 0.2) is 0 Å². The zero-order chi connectivity index (χ0) is 13.9. The number of hydrogen-bond acceptors (Lipinski definition) is 2. The van der Waals surface area contributed by atoms with Crippen molar-refractivity contribution in [2.24, 2.45) is 7.05 Å². The Balaban J connectivity index is 1.90. The Kier molecular flexibility index (Phi) is 5.02. The van der Waals surface area contributed by atoms with E-state index in [9.17, 15) is 0 Å². The Bertz CT molecular complexity index is 417. The molecule has 0 spiro atoms. The van der Waals surface area contributed by atoms with Crippen molar-refractivity contribution in [1.82, 2.24) is 9.88 Å². The maximum Gasteiger partial charge on any atom is 0.0281 e. The molecule has 0 saturated heterocycles. The van der Waals surface area contributed by atoms with Crippen LogP contribution in [0.3, 0.4) is 0 Å². The van der Waals surface area contributed by atoms with Gasteiger partial charge in [-0.05, 0) is 44.6 Å². The summed E-state index contributed by atoms with van der Waals surface area (Å²) in [6.45, 7) is 6.56. The molecule has 0 unspecified atom stereocenters. The molecule has 1 aromatic rings. The van der Waals surface area contributed by atoms with E-state index in [4.69, 9.17) is 0 Å². The summed E-state index contributed by atoms with van der Waals surface area (Å²) in [5.74, 6) is 0. The van der Waals surface area contributed by atoms with Crippen LogP contribution in [0.1, 0.15) is 49.1 Å². The maximum atomic E-state index is 3.71. The lowest BCUT2D eigenvalue weighted by molar-refractivity contribution is 0.379. The molecular formula is C16H28N2S. The highest BCUT2D eigenvalue weighted by Crippen LogP contribution is 2.38. The Hall–Kier alpha value is -0.410. The van der Waals surface area contributed by atoms with Crippen LogP contribution < -0.4 is 5.32 Å². The molecule has 0 radical (unpaired) electrons. The van der Waals surface area contributed by atoms with Crippen molar-refractivity contribution < 1.29 is 0 Å². The fourth-order valence-corrected chi connectivity index (χ4v) is 4.13. The number of thioether (sulfide) groups is 1. The monoisotopic (exact) mass is 280 g/mol. The summed E-state index contributed by atoms with van der Waals surface area (Å²) < 4.78 is 2.78. The van der Waals surface area contributed by atoms with Gasteiger partial charge in [0.1, 0.15) is 0 Å². The standard InChI is InChI=1S/C16H28N2S/c1-13-10-15(14(2)18(13)3)11-17-12-16(19-4)8-6-5-7-9-16/h10,17H,5-9,11-12H2,1-4H3. The van der Waals surface area contributed by atoms with Crippen LogP contribution >= 0.6 is 11.8 Å². The van der Waals surface area contributed by atoms with E-state index in [0.29, 0.717) is 4.75 Å². The van der Waals surface area contributed by atoms with Crippen molar-refractivity contribution >= 4 is 11.8 Å². The highest BCUT2D eigenvalue weighted by molar-refractivity contribution is 8.00. The number of rotatable bonds is 5. The van der Waals surface area contributed by atoms with Gasteiger partial charge in [-0.15, -0.1) is 0 Å². The SMILES string of the molecule is CSC1(CNCc2cc(C)n(C)c2C)CCCCC1. The second-order valence-electron chi connectivity index (χ2n) is 6.01. The molecule has 2 nitrogen and oxygen atoms in total. The lowest BCUT2D eigenvalue weighted by Crippen LogP contribution is -2.39. The predicted molar refractivity (Wildman–Crippen MR) is 85.9 cm³/mol. The van der Waals surface area contributed by atoms with Crippen LogP contribution in [0.25, 0.3) is 0 Å². The van der Waals surface area contributed by atoms with Gasteiger partial charge in [-0.25, -0.2) is 0 Å². The van der Waals surface area contributed by atoms with Gasteiger partial charge in [0, 0.05) is 36.3 Å². The Morgan fingerprint density at radius 1 is 1.26 bits per heavy atom. The van der Waals surface area contributed by atoms with E-state index in [1.807, 2.05) is 0 Å². The lowest BCUT2D eigenvalue weighted by atomic mass is 9.88. The minimum atomic E-state index is 0.496. The van der Waals surface area contributed by atoms with E-state index in [1.54, 1.807) is 0 Å². The summed E-state index contributed by atoms with van der Waals surface area (Å²) >= 11 is 2.07. The number of aryl methyl sites for hydroxylation is 1. The van der Waals surface area contributed by atoms with Crippen molar-refractivity contribution in [2.45, 2.75) is 57.2 Å². The van der Waals surface area contributed by atoms with Crippen LogP contribution in [0.4, 0.5) is 0 Å². The van der Waals surface area contributed by atoms with Crippen LogP contribution in [0.2, 0.25) is 0 Å². The molecule has 1 fully saturated rings. The summed E-state index contributed by atoms with van der Waals surface area (Å²) in [5, 5.41) is 3.71. The van der Waals surface area contributed by atoms with Gasteiger partial charge in [0.05, 0.1) is 0 Å². The van der Waals surface area contributed by atoms with E-state index in [-0.39, 0.29) is 0 Å². The van der Waals surface area contributed by atoms with Gasteiger partial charge in [0.2, 0.25) is 0 Å². The predicted octanol–water partition coefficient (Wildman–Crippen LogP) is 3.80. The van der Waals surface area contributed by atoms with E-state index < -0.39 is 0 Å². The summed E-state index contributed by atoms with van der Waals surface area (Å²) in [4.78, 5) is 0. The molecule has 1 aliphatic carbocycles. The third-order valence-corrected chi connectivity index (χ3v) is 6.26. The highest BCUT2D eigenvalue weighted by atomic mass is 32.2. The number of nitrogens with zero attached hydrogens (tertiary/aromatic N) is 1. The van der Waals surface area contributed by atoms with E-state index in [2.05, 4.69) is 54.9 Å². The summed E-state index contributed by atoms with van der Waals surface area (Å²) in [5.41, 5.74) is 4.20. The molecule has 1 heterocycles. The summed E-state index contributed by atoms with van der Waals surface area (Å²) in [7, 11) is 2.15. The number of aromatic nitrogens is 1. The van der Waals surface area contributed by atoms with Gasteiger partial charge >= 0.3 is 0 Å². The molecule has 0 amide bonds. The molecule has 1 aromatic heterocycles. The zero-order valence-corrected chi connectivity index (χ0v) is 13.7. The molecule has 108 valence electrons. The van der Waals surface area contributed by atoms with Crippen molar-refractivity contribution in [2.75, 3.05) is 12.8 Å². The highest BCUT2D eigenvalue weighted by Gasteiger charge is 2.30. The van der Waals surface area contributed by atoms with Gasteiger partial charge in [0.25, 0.3) is 0 Å². The molecule has 19 heavy (non-hydrogen) atoms. The summed E-state index contributed by atoms with van der Waals surface area (Å²) in [6, 6.07) is 2.31. The molecule has 3 heteroatoms. The van der Waals surface area contributed by atoms with Crippen LogP contribution in [0, 0.1) is 13.8 Å². The number of hydrogen-bond donors (Lipinski definition) is 1. The van der Waals surface area contributed by atoms with Crippen LogP contribution in [-0.2, 0) is 13.6 Å². The molecule has 2 rings (SSSR count). The second kappa shape index (κ2) is 6.36. The third kappa shape index (κ3) is 3.38. The molecule has 1 N–H and O–H groups in total. The van der Waals surface area contributed by atoms with Crippen molar-refractivity contribution in [3.63, 3.8) is 0 Å². The molecule has 0 bridgehead atoms. The molecule has 0 aliphatic heterocycles. The Morgan fingerprint density at radius 3 is 2.47 bits per heavy atom. The van der Waals surface area contributed by atoms with Crippen LogP contribution in [0.15, 0.2) is 6.07 Å². The first-order chi connectivity index (χ1) is 9.08. The molecular weight excluding hydrogens is 252 g/mol. The van der Waals surface area contributed by atoms with Crippen molar-refractivity contribution in [1.29, 1.82) is 0 Å². The average molecular weight is 280 g/mol. The first-order valence-electron chi connectivity index (χ1n) is 7.46. The van der Waals surface area contributed by atoms with Gasteiger partial charge < -0.3 is 9.88 Å². The van der Waals surface area contributed by atoms with E-state index >= 15 is 0 Å². The van der Waals surface area contributed by atoms with E-state index in [0.717, 1.165) is 13.1 Å². The lowest BCUT2D eigenvalue weighted by Gasteiger charge is -2.36. The fraction of sp³-hybridized carbons (Fsp3) is 0.750. The van der Waals surface area contributed by atoms with Crippen LogP contribution in [-0.4, -0.2) is 22.1 Å². The first-order valence-corrected chi connectivity index (χ1v) is 8.68. The van der Waals surface area contributed by atoms with E-state index in [1.165, 1.54) is 49.1 Å². The average Bonchev–Trinajstić information content (AvgIpc) is 2.67. The van der Waals surface area contributed by atoms with Gasteiger partial charge in [-0.1, -0.05) is 19.3 Å². The maximum absolute atomic E-state index is 3.71. The molecule has 1 saturated carbocycles. The van der Waals surface area contributed by atoms with Crippen LogP contribution in [0.5, 0.6) is 0 Å². The second-order valence-corrected chi connectivity index (χ2v) is 7.28. The normalized spacial score (nSPS) is 18.7. The topological polar surface area (TPSA) is 17.0 Å². The number of nitrogens with one attached hydrogen (secondary N) is 1. The minimum absolute atomic E-state index is 0.496. The summed E-state index contributed by atoms with van der Waals surface area (Å²) in [6.07, 6.45) is 9.30. The smallest absolute Gasteiger partial charge is 0.0281 e. The quantitative estimate of drug-likeness (QED) is 0.883. The molecule has 0 aromatic carbocycles. The molecule has 0 atom stereocenters. The van der Waals surface area contributed by atoms with Crippen molar-refractivity contribution in [3.05, 3.63) is 23.0 Å².